The maximum absolute atomic E-state index is 13.0. The highest BCUT2D eigenvalue weighted by Crippen LogP contribution is 2.25. The van der Waals surface area contributed by atoms with Crippen molar-refractivity contribution >= 4 is 17.7 Å². The summed E-state index contributed by atoms with van der Waals surface area (Å²) >= 11 is 0. The summed E-state index contributed by atoms with van der Waals surface area (Å²) in [5.74, 6) is 0.661. The molecule has 0 saturated carbocycles. The number of hydrogen-bond acceptors (Lipinski definition) is 4. The predicted octanol–water partition coefficient (Wildman–Crippen LogP) is 1.27. The Kier molecular flexibility index (Phi) is 5.68. The number of nitrogens with one attached hydrogen (secondary N) is 1. The van der Waals surface area contributed by atoms with Gasteiger partial charge in [0.15, 0.2) is 0 Å². The van der Waals surface area contributed by atoms with E-state index in [1.54, 1.807) is 12.0 Å². The van der Waals surface area contributed by atoms with Crippen LogP contribution in [0.1, 0.15) is 40.7 Å². The molecule has 3 rings (SSSR count). The van der Waals surface area contributed by atoms with Crippen LogP contribution in [0.5, 0.6) is 5.75 Å². The Hall–Kier alpha value is -2.57. The third kappa shape index (κ3) is 3.91. The normalized spacial score (nSPS) is 20.3. The third-order valence-electron chi connectivity index (χ3n) is 5.58. The highest BCUT2D eigenvalue weighted by Gasteiger charge is 2.32. The molecule has 1 N–H and O–H groups in total. The topological polar surface area (TPSA) is 79.0 Å². The molecule has 3 amide bonds. The van der Waals surface area contributed by atoms with Gasteiger partial charge in [-0.1, -0.05) is 0 Å². The van der Waals surface area contributed by atoms with Gasteiger partial charge in [-0.15, -0.1) is 0 Å². The molecule has 2 heterocycles. The van der Waals surface area contributed by atoms with Crippen molar-refractivity contribution in [3.05, 3.63) is 28.8 Å². The molecule has 27 heavy (non-hydrogen) atoms. The maximum Gasteiger partial charge on any atom is 0.254 e. The van der Waals surface area contributed by atoms with Crippen molar-refractivity contribution in [2.24, 2.45) is 0 Å². The first-order chi connectivity index (χ1) is 12.9. The molecule has 0 bridgehead atoms. The van der Waals surface area contributed by atoms with Gasteiger partial charge in [-0.25, -0.2) is 0 Å². The summed E-state index contributed by atoms with van der Waals surface area (Å²) in [4.78, 5) is 40.6. The van der Waals surface area contributed by atoms with Crippen LogP contribution in [0.25, 0.3) is 0 Å². The highest BCUT2D eigenvalue weighted by atomic mass is 16.5. The van der Waals surface area contributed by atoms with E-state index in [-0.39, 0.29) is 17.7 Å². The van der Waals surface area contributed by atoms with Crippen molar-refractivity contribution in [2.45, 2.75) is 39.2 Å². The molecule has 7 heteroatoms. The number of carbonyl (C=O) groups excluding carboxylic acids is 3. The molecule has 0 aromatic heterocycles. The van der Waals surface area contributed by atoms with Crippen LogP contribution in [-0.4, -0.2) is 66.9 Å². The largest absolute Gasteiger partial charge is 0.496 e. The van der Waals surface area contributed by atoms with Crippen LogP contribution in [0.4, 0.5) is 0 Å². The lowest BCUT2D eigenvalue weighted by molar-refractivity contribution is -0.134. The van der Waals surface area contributed by atoms with Crippen LogP contribution in [-0.2, 0) is 9.59 Å². The van der Waals surface area contributed by atoms with Gasteiger partial charge < -0.3 is 19.9 Å². The van der Waals surface area contributed by atoms with Crippen molar-refractivity contribution in [3.8, 4) is 5.75 Å². The number of rotatable bonds is 3. The lowest BCUT2D eigenvalue weighted by Crippen LogP contribution is -2.46. The Labute approximate surface area is 159 Å². The second-order valence-corrected chi connectivity index (χ2v) is 7.20. The minimum atomic E-state index is -0.411. The molecule has 2 aliphatic heterocycles. The van der Waals surface area contributed by atoms with E-state index < -0.39 is 6.04 Å². The fourth-order valence-electron chi connectivity index (χ4n) is 3.78. The minimum Gasteiger partial charge on any atom is -0.496 e. The second-order valence-electron chi connectivity index (χ2n) is 7.20. The molecule has 2 aliphatic rings. The van der Waals surface area contributed by atoms with E-state index in [1.807, 2.05) is 30.9 Å². The van der Waals surface area contributed by atoms with Gasteiger partial charge in [-0.3, -0.25) is 14.4 Å². The van der Waals surface area contributed by atoms with Crippen LogP contribution in [0, 0.1) is 13.8 Å². The van der Waals surface area contributed by atoms with E-state index in [0.29, 0.717) is 44.6 Å². The first-order valence-electron chi connectivity index (χ1n) is 9.44. The minimum absolute atomic E-state index is 0.0123. The van der Waals surface area contributed by atoms with Gasteiger partial charge >= 0.3 is 0 Å². The predicted molar refractivity (Wildman–Crippen MR) is 101 cm³/mol. The summed E-state index contributed by atoms with van der Waals surface area (Å²) in [6, 6.07) is 3.23. The number of methoxy groups -OCH3 is 1. The molecule has 1 atom stereocenters. The molecule has 2 saturated heterocycles. The van der Waals surface area contributed by atoms with Crippen LogP contribution in [0.3, 0.4) is 0 Å². The van der Waals surface area contributed by atoms with Crippen LogP contribution < -0.4 is 10.1 Å². The molecule has 0 spiro atoms. The molecule has 2 fully saturated rings. The number of carbonyl (C=O) groups is 3. The maximum atomic E-state index is 13.0. The van der Waals surface area contributed by atoms with Gasteiger partial charge in [-0.05, 0) is 49.9 Å². The summed E-state index contributed by atoms with van der Waals surface area (Å²) in [5.41, 5.74) is 2.56. The number of benzene rings is 1. The highest BCUT2D eigenvalue weighted by molar-refractivity contribution is 5.96. The van der Waals surface area contributed by atoms with Crippen molar-refractivity contribution in [2.75, 3.05) is 33.3 Å². The summed E-state index contributed by atoms with van der Waals surface area (Å²) in [6.45, 7) is 6.09. The second kappa shape index (κ2) is 7.98. The molecule has 1 aromatic carbocycles. The molecule has 1 unspecified atom stereocenters. The Morgan fingerprint density at radius 1 is 1.07 bits per heavy atom. The first kappa shape index (κ1) is 19.2. The average Bonchev–Trinajstić information content (AvgIpc) is 2.95. The Morgan fingerprint density at radius 2 is 1.78 bits per heavy atom. The monoisotopic (exact) mass is 373 g/mol. The molecule has 7 nitrogen and oxygen atoms in total. The molecule has 146 valence electrons. The van der Waals surface area contributed by atoms with E-state index in [9.17, 15) is 14.4 Å². The fraction of sp³-hybridized carbons (Fsp3) is 0.550. The fourth-order valence-corrected chi connectivity index (χ4v) is 3.78. The SMILES string of the molecule is COc1ccc(C(=O)N2CCCN(C(=O)C3CCC(=O)N3)CC2)c(C)c1C. The smallest absolute Gasteiger partial charge is 0.254 e. The van der Waals surface area contributed by atoms with Gasteiger partial charge in [0.25, 0.3) is 5.91 Å². The zero-order valence-corrected chi connectivity index (χ0v) is 16.2. The molecular weight excluding hydrogens is 346 g/mol. The van der Waals surface area contributed by atoms with Crippen LogP contribution in [0.2, 0.25) is 0 Å². The quantitative estimate of drug-likeness (QED) is 0.865. The van der Waals surface area contributed by atoms with Gasteiger partial charge in [0, 0.05) is 38.2 Å². The van der Waals surface area contributed by atoms with Crippen molar-refractivity contribution < 1.29 is 19.1 Å². The van der Waals surface area contributed by atoms with Gasteiger partial charge in [0.05, 0.1) is 7.11 Å². The van der Waals surface area contributed by atoms with Gasteiger partial charge in [0.1, 0.15) is 11.8 Å². The van der Waals surface area contributed by atoms with E-state index in [0.717, 1.165) is 23.3 Å². The molecule has 0 aliphatic carbocycles. The summed E-state index contributed by atoms with van der Waals surface area (Å²) < 4.78 is 5.32. The summed E-state index contributed by atoms with van der Waals surface area (Å²) in [5, 5.41) is 2.73. The third-order valence-corrected chi connectivity index (χ3v) is 5.58. The van der Waals surface area contributed by atoms with E-state index in [1.165, 1.54) is 0 Å². The molecule has 0 radical (unpaired) electrons. The van der Waals surface area contributed by atoms with Crippen molar-refractivity contribution in [1.82, 2.24) is 15.1 Å². The van der Waals surface area contributed by atoms with E-state index >= 15 is 0 Å². The number of amides is 3. The lowest BCUT2D eigenvalue weighted by atomic mass is 10.0. The van der Waals surface area contributed by atoms with Crippen LogP contribution >= 0.6 is 0 Å². The zero-order valence-electron chi connectivity index (χ0n) is 16.2. The summed E-state index contributed by atoms with van der Waals surface area (Å²) in [7, 11) is 1.62. The summed E-state index contributed by atoms with van der Waals surface area (Å²) in [6.07, 6.45) is 1.69. The average molecular weight is 373 g/mol. The number of hydrogen-bond donors (Lipinski definition) is 1. The standard InChI is InChI=1S/C20H27N3O4/c1-13-14(2)17(27-3)7-5-15(13)19(25)22-9-4-10-23(12-11-22)20(26)16-6-8-18(24)21-16/h5,7,16H,4,6,8-12H2,1-3H3,(H,21,24). The Morgan fingerprint density at radius 3 is 2.44 bits per heavy atom. The van der Waals surface area contributed by atoms with Gasteiger partial charge in [-0.2, -0.15) is 0 Å². The first-order valence-corrected chi connectivity index (χ1v) is 9.44. The Balaban J connectivity index is 1.67. The van der Waals surface area contributed by atoms with Crippen molar-refractivity contribution in [1.29, 1.82) is 0 Å². The van der Waals surface area contributed by atoms with Gasteiger partial charge in [0.2, 0.25) is 11.8 Å². The number of nitrogens with zero attached hydrogens (tertiary/aromatic N) is 2. The van der Waals surface area contributed by atoms with E-state index in [2.05, 4.69) is 5.32 Å². The van der Waals surface area contributed by atoms with E-state index in [4.69, 9.17) is 4.74 Å². The Bertz CT molecular complexity index is 762. The number of ether oxygens (including phenoxy) is 1. The van der Waals surface area contributed by atoms with Crippen molar-refractivity contribution in [3.63, 3.8) is 0 Å². The van der Waals surface area contributed by atoms with Crippen LogP contribution in [0.15, 0.2) is 12.1 Å². The molecular formula is C20H27N3O4. The molecule has 1 aromatic rings. The zero-order chi connectivity index (χ0) is 19.6. The lowest BCUT2D eigenvalue weighted by Gasteiger charge is -2.25.